The molecule has 1 aliphatic carbocycles. The average Bonchev–Trinajstić information content (AvgIpc) is 3.30. The van der Waals surface area contributed by atoms with Crippen LogP contribution in [0.1, 0.15) is 80.8 Å². The van der Waals surface area contributed by atoms with E-state index in [0.717, 1.165) is 31.2 Å². The summed E-state index contributed by atoms with van der Waals surface area (Å²) in [5, 5.41) is 8.10. The van der Waals surface area contributed by atoms with Gasteiger partial charge in [0.25, 0.3) is 0 Å². The Bertz CT molecular complexity index is 1270. The third kappa shape index (κ3) is 5.18. The van der Waals surface area contributed by atoms with Gasteiger partial charge in [-0.2, -0.15) is 9.97 Å². The first kappa shape index (κ1) is 25.9. The fourth-order valence-electron chi connectivity index (χ4n) is 4.60. The van der Waals surface area contributed by atoms with E-state index in [9.17, 15) is 8.42 Å². The number of rotatable bonds is 9. The lowest BCUT2D eigenvalue weighted by Gasteiger charge is -2.23. The van der Waals surface area contributed by atoms with Crippen LogP contribution in [0.25, 0.3) is 5.69 Å². The highest BCUT2D eigenvalue weighted by molar-refractivity contribution is 7.91. The second kappa shape index (κ2) is 10.9. The van der Waals surface area contributed by atoms with Gasteiger partial charge in [0, 0.05) is 24.2 Å². The summed E-state index contributed by atoms with van der Waals surface area (Å²) in [5.41, 5.74) is 1.32. The first-order valence-electron chi connectivity index (χ1n) is 12.1. The second-order valence-electron chi connectivity index (χ2n) is 9.31. The van der Waals surface area contributed by atoms with Gasteiger partial charge in [-0.05, 0) is 32.3 Å². The quantitative estimate of drug-likeness (QED) is 0.417. The number of hydrogen-bond acceptors (Lipinski definition) is 10. The number of methoxy groups -OCH3 is 2. The number of ether oxygens (including phenoxy) is 2. The third-order valence-corrected chi connectivity index (χ3v) is 9.10. The molecule has 0 amide bonds. The van der Waals surface area contributed by atoms with Gasteiger partial charge in [0.2, 0.25) is 11.8 Å². The molecule has 0 spiro atoms. The molecule has 1 aliphatic rings. The van der Waals surface area contributed by atoms with Crippen molar-refractivity contribution >= 4 is 9.84 Å². The van der Waals surface area contributed by atoms with Crippen molar-refractivity contribution in [1.82, 2.24) is 34.7 Å². The predicted octanol–water partition coefficient (Wildman–Crippen LogP) is 3.33. The Kier molecular flexibility index (Phi) is 7.82. The topological polar surface area (TPSA) is 135 Å². The predicted molar refractivity (Wildman–Crippen MR) is 133 cm³/mol. The zero-order valence-electron chi connectivity index (χ0n) is 21.4. The minimum atomic E-state index is -3.68. The van der Waals surface area contributed by atoms with Crippen LogP contribution in [-0.2, 0) is 15.6 Å². The molecule has 0 radical (unpaired) electrons. The summed E-state index contributed by atoms with van der Waals surface area (Å²) in [4.78, 5) is 17.2. The average molecular weight is 516 g/mol. The van der Waals surface area contributed by atoms with E-state index < -0.39 is 21.0 Å². The van der Waals surface area contributed by atoms with Crippen LogP contribution in [0.5, 0.6) is 11.8 Å². The van der Waals surface area contributed by atoms with Crippen molar-refractivity contribution in [3.05, 3.63) is 41.8 Å². The highest BCUT2D eigenvalue weighted by Gasteiger charge is 2.34. The lowest BCUT2D eigenvalue weighted by Crippen LogP contribution is -2.28. The largest absolute Gasteiger partial charge is 0.479 e. The molecular formula is C24H33N7O4S. The molecule has 3 aromatic rings. The highest BCUT2D eigenvalue weighted by atomic mass is 32.2. The highest BCUT2D eigenvalue weighted by Crippen LogP contribution is 2.37. The minimum absolute atomic E-state index is 0.134. The molecule has 0 aliphatic heterocycles. The molecule has 2 atom stereocenters. The molecular weight excluding hydrogens is 482 g/mol. The van der Waals surface area contributed by atoms with Crippen LogP contribution >= 0.6 is 0 Å². The van der Waals surface area contributed by atoms with Crippen molar-refractivity contribution in [2.24, 2.45) is 0 Å². The Balaban J connectivity index is 1.77. The van der Waals surface area contributed by atoms with Gasteiger partial charge in [-0.25, -0.2) is 18.4 Å². The fourth-order valence-corrected chi connectivity index (χ4v) is 6.15. The van der Waals surface area contributed by atoms with Gasteiger partial charge >= 0.3 is 0 Å². The smallest absolute Gasteiger partial charge is 0.245 e. The molecule has 0 bridgehead atoms. The molecule has 194 valence electrons. The molecule has 0 N–H and O–H groups in total. The molecule has 3 aromatic heterocycles. The van der Waals surface area contributed by atoms with Gasteiger partial charge in [-0.3, -0.25) is 4.57 Å². The molecule has 3 heterocycles. The van der Waals surface area contributed by atoms with Gasteiger partial charge < -0.3 is 9.47 Å². The van der Waals surface area contributed by atoms with Crippen molar-refractivity contribution < 1.29 is 17.9 Å². The third-order valence-electron chi connectivity index (χ3n) is 6.90. The van der Waals surface area contributed by atoms with Crippen molar-refractivity contribution in [1.29, 1.82) is 0 Å². The molecule has 1 saturated carbocycles. The van der Waals surface area contributed by atoms with E-state index in [1.54, 1.807) is 23.9 Å². The van der Waals surface area contributed by atoms with Crippen LogP contribution in [0.2, 0.25) is 0 Å². The Hall–Kier alpha value is -3.15. The lowest BCUT2D eigenvalue weighted by molar-refractivity contribution is 0.364. The van der Waals surface area contributed by atoms with E-state index in [1.165, 1.54) is 27.0 Å². The van der Waals surface area contributed by atoms with Crippen molar-refractivity contribution in [3.63, 3.8) is 0 Å². The summed E-state index contributed by atoms with van der Waals surface area (Å²) in [7, 11) is -0.688. The van der Waals surface area contributed by atoms with E-state index in [4.69, 9.17) is 9.47 Å². The fraction of sp³-hybridized carbons (Fsp3) is 0.583. The summed E-state index contributed by atoms with van der Waals surface area (Å²) in [6.07, 6.45) is 9.95. The molecule has 0 saturated heterocycles. The maximum atomic E-state index is 13.6. The Labute approximate surface area is 211 Å². The Morgan fingerprint density at radius 2 is 1.58 bits per heavy atom. The number of hydrogen-bond donors (Lipinski definition) is 0. The lowest BCUT2D eigenvalue weighted by atomic mass is 9.88. The summed E-state index contributed by atoms with van der Waals surface area (Å²) in [6, 6.07) is 0. The normalized spacial score (nSPS) is 16.5. The van der Waals surface area contributed by atoms with E-state index in [-0.39, 0.29) is 29.3 Å². The molecule has 0 aromatic carbocycles. The molecule has 36 heavy (non-hydrogen) atoms. The van der Waals surface area contributed by atoms with Gasteiger partial charge in [-0.15, -0.1) is 10.2 Å². The molecule has 4 rings (SSSR count). The standard InChI is InChI=1S/C24H33N7O4S/c1-15-11-25-21(26-12-15)16(2)17(3)36(32,33)13-19-29-30-22(18-9-7-6-8-10-18)31(19)20-23(34-4)27-14-28-24(20)35-5/h11-12,14,16-18H,6-10,13H2,1-5H3/t16-,17-/m0/s1. The molecule has 1 fully saturated rings. The summed E-state index contributed by atoms with van der Waals surface area (Å²) < 4.78 is 40.0. The Morgan fingerprint density at radius 1 is 0.972 bits per heavy atom. The van der Waals surface area contributed by atoms with Gasteiger partial charge in [0.05, 0.1) is 19.5 Å². The maximum absolute atomic E-state index is 13.6. The van der Waals surface area contributed by atoms with E-state index in [0.29, 0.717) is 17.3 Å². The summed E-state index contributed by atoms with van der Waals surface area (Å²) in [6.45, 7) is 5.39. The zero-order chi connectivity index (χ0) is 25.9. The van der Waals surface area contributed by atoms with Crippen LogP contribution in [0.15, 0.2) is 18.7 Å². The van der Waals surface area contributed by atoms with Crippen LogP contribution in [-0.4, -0.2) is 62.6 Å². The van der Waals surface area contributed by atoms with Crippen molar-refractivity contribution in [2.75, 3.05) is 14.2 Å². The molecule has 11 nitrogen and oxygen atoms in total. The maximum Gasteiger partial charge on any atom is 0.245 e. The van der Waals surface area contributed by atoms with Gasteiger partial charge in [0.1, 0.15) is 23.7 Å². The van der Waals surface area contributed by atoms with Crippen LogP contribution < -0.4 is 9.47 Å². The van der Waals surface area contributed by atoms with Crippen molar-refractivity contribution in [3.8, 4) is 17.4 Å². The number of sulfone groups is 1. The number of aryl methyl sites for hydroxylation is 1. The number of aromatic nitrogens is 7. The minimum Gasteiger partial charge on any atom is -0.479 e. The van der Waals surface area contributed by atoms with Crippen LogP contribution in [0, 0.1) is 6.92 Å². The summed E-state index contributed by atoms with van der Waals surface area (Å²) in [5.74, 6) is 1.34. The van der Waals surface area contributed by atoms with Gasteiger partial charge in [-0.1, -0.05) is 26.2 Å². The first-order chi connectivity index (χ1) is 17.3. The zero-order valence-corrected chi connectivity index (χ0v) is 22.2. The van der Waals surface area contributed by atoms with Crippen molar-refractivity contribution in [2.45, 2.75) is 75.7 Å². The summed E-state index contributed by atoms with van der Waals surface area (Å²) >= 11 is 0. The van der Waals surface area contributed by atoms with Crippen LogP contribution in [0.3, 0.4) is 0 Å². The first-order valence-corrected chi connectivity index (χ1v) is 13.9. The second-order valence-corrected chi connectivity index (χ2v) is 11.7. The SMILES string of the molecule is COc1ncnc(OC)c1-n1c(CS(=O)(=O)[C@@H](C)[C@H](C)c2ncc(C)cn2)nnc1C1CCCCC1. The van der Waals surface area contributed by atoms with E-state index >= 15 is 0 Å². The monoisotopic (exact) mass is 515 g/mol. The van der Waals surface area contributed by atoms with E-state index in [1.807, 2.05) is 13.8 Å². The van der Waals surface area contributed by atoms with E-state index in [2.05, 4.69) is 30.1 Å². The van der Waals surface area contributed by atoms with Crippen LogP contribution in [0.4, 0.5) is 0 Å². The molecule has 12 heteroatoms. The number of nitrogens with zero attached hydrogens (tertiary/aromatic N) is 7. The molecule has 0 unspecified atom stereocenters. The Morgan fingerprint density at radius 3 is 2.17 bits per heavy atom. The van der Waals surface area contributed by atoms with Gasteiger partial charge in [0.15, 0.2) is 21.3 Å².